The Balaban J connectivity index is 1.06. The van der Waals surface area contributed by atoms with Crippen molar-refractivity contribution in [3.8, 4) is 5.75 Å². The largest absolute Gasteiger partial charge is 0.486 e. The molecule has 6 rings (SSSR count). The van der Waals surface area contributed by atoms with Crippen LogP contribution in [-0.4, -0.2) is 80.4 Å². The number of amides is 4. The van der Waals surface area contributed by atoms with Crippen LogP contribution in [0.4, 0.5) is 4.39 Å². The van der Waals surface area contributed by atoms with Gasteiger partial charge in [0.05, 0.1) is 41.9 Å². The number of nitrogens with one attached hydrogen (secondary N) is 2. The van der Waals surface area contributed by atoms with Gasteiger partial charge >= 0.3 is 0 Å². The lowest BCUT2D eigenvalue weighted by atomic mass is 9.86. The van der Waals surface area contributed by atoms with Crippen LogP contribution in [0.1, 0.15) is 71.3 Å². The molecule has 2 N–H and O–H groups in total. The van der Waals surface area contributed by atoms with Crippen molar-refractivity contribution in [2.24, 2.45) is 0 Å². The zero-order valence-corrected chi connectivity index (χ0v) is 24.1. The lowest BCUT2D eigenvalue weighted by Gasteiger charge is -2.33. The van der Waals surface area contributed by atoms with Gasteiger partial charge in [-0.05, 0) is 36.2 Å². The lowest BCUT2D eigenvalue weighted by Crippen LogP contribution is -2.49. The minimum atomic E-state index is -0.818. The number of ether oxygens (including phenoxy) is 3. The van der Waals surface area contributed by atoms with Crippen LogP contribution in [0.3, 0.4) is 0 Å². The maximum absolute atomic E-state index is 14.1. The predicted molar refractivity (Wildman–Crippen MR) is 156 cm³/mol. The Morgan fingerprint density at radius 2 is 1.59 bits per heavy atom. The third-order valence-corrected chi connectivity index (χ3v) is 8.18. The standard InChI is InChI=1S/C33H32FN3O7/c1-35-31(39)25-15-20(14-24-28(19-8-3-2-4-9-19)26(16-34)44-29(24)25)30(38)36-13-7-12-27-42-17-21(18-43-27)37-32(40)22-10-5-6-11-23(22)33(37)41/h2-6,8-11,14-15,21,26-28H,7,12-13,16-18H2,1H3,(H,35,39)(H,36,38)/t21-,26-,27+,28+/m1/s1. The first-order valence-electron chi connectivity index (χ1n) is 14.6. The van der Waals surface area contributed by atoms with Crippen LogP contribution in [0.2, 0.25) is 0 Å². The molecule has 0 aliphatic carbocycles. The first-order chi connectivity index (χ1) is 21.4. The minimum absolute atomic E-state index is 0.157. The summed E-state index contributed by atoms with van der Waals surface area (Å²) in [6.45, 7) is -0.135. The summed E-state index contributed by atoms with van der Waals surface area (Å²) in [5.41, 5.74) is 2.61. The molecule has 3 aliphatic heterocycles. The number of rotatable bonds is 9. The second-order valence-corrected chi connectivity index (χ2v) is 10.9. The highest BCUT2D eigenvalue weighted by Crippen LogP contribution is 2.45. The lowest BCUT2D eigenvalue weighted by molar-refractivity contribution is -0.199. The van der Waals surface area contributed by atoms with Gasteiger partial charge in [0.1, 0.15) is 18.5 Å². The Morgan fingerprint density at radius 3 is 2.23 bits per heavy atom. The van der Waals surface area contributed by atoms with E-state index >= 15 is 0 Å². The van der Waals surface area contributed by atoms with Crippen LogP contribution in [0, 0.1) is 0 Å². The number of hydrogen-bond acceptors (Lipinski definition) is 7. The van der Waals surface area contributed by atoms with E-state index in [2.05, 4.69) is 10.6 Å². The van der Waals surface area contributed by atoms with E-state index in [-0.39, 0.29) is 47.8 Å². The van der Waals surface area contributed by atoms with Crippen molar-refractivity contribution in [3.05, 3.63) is 100 Å². The molecule has 0 unspecified atom stereocenters. The summed E-state index contributed by atoms with van der Waals surface area (Å²) in [6, 6.07) is 18.6. The molecule has 3 aromatic rings. The van der Waals surface area contributed by atoms with Crippen LogP contribution >= 0.6 is 0 Å². The van der Waals surface area contributed by atoms with Gasteiger partial charge in [-0.15, -0.1) is 0 Å². The number of alkyl halides is 1. The zero-order chi connectivity index (χ0) is 30.8. The van der Waals surface area contributed by atoms with Crippen LogP contribution in [-0.2, 0) is 9.47 Å². The van der Waals surface area contributed by atoms with E-state index in [9.17, 15) is 23.6 Å². The second-order valence-electron chi connectivity index (χ2n) is 10.9. The van der Waals surface area contributed by atoms with Crippen LogP contribution < -0.4 is 15.4 Å². The molecule has 2 atom stereocenters. The van der Waals surface area contributed by atoms with Crippen molar-refractivity contribution in [3.63, 3.8) is 0 Å². The van der Waals surface area contributed by atoms with E-state index in [4.69, 9.17) is 14.2 Å². The normalized spacial score (nSPS) is 22.3. The van der Waals surface area contributed by atoms with E-state index in [1.54, 1.807) is 30.3 Å². The maximum atomic E-state index is 14.1. The summed E-state index contributed by atoms with van der Waals surface area (Å²) in [4.78, 5) is 52.6. The Morgan fingerprint density at radius 1 is 0.932 bits per heavy atom. The molecule has 0 radical (unpaired) electrons. The number of halogens is 1. The summed E-state index contributed by atoms with van der Waals surface area (Å²) in [5, 5.41) is 5.45. The first-order valence-corrected chi connectivity index (χ1v) is 14.6. The number of nitrogens with zero attached hydrogens (tertiary/aromatic N) is 1. The van der Waals surface area contributed by atoms with Crippen molar-refractivity contribution < 1.29 is 37.8 Å². The van der Waals surface area contributed by atoms with E-state index < -0.39 is 36.9 Å². The Bertz CT molecular complexity index is 1550. The molecule has 1 fully saturated rings. The van der Waals surface area contributed by atoms with Crippen molar-refractivity contribution in [2.75, 3.05) is 33.5 Å². The summed E-state index contributed by atoms with van der Waals surface area (Å²) in [6.07, 6.45) is -0.354. The zero-order valence-electron chi connectivity index (χ0n) is 24.1. The maximum Gasteiger partial charge on any atom is 0.261 e. The first kappa shape index (κ1) is 29.5. The van der Waals surface area contributed by atoms with Gasteiger partial charge in [-0.3, -0.25) is 24.1 Å². The second kappa shape index (κ2) is 12.6. The molecule has 44 heavy (non-hydrogen) atoms. The van der Waals surface area contributed by atoms with Crippen LogP contribution in [0.25, 0.3) is 0 Å². The summed E-state index contributed by atoms with van der Waals surface area (Å²) >= 11 is 0. The topological polar surface area (TPSA) is 123 Å². The van der Waals surface area contributed by atoms with Crippen molar-refractivity contribution in [1.82, 2.24) is 15.5 Å². The van der Waals surface area contributed by atoms with Crippen molar-refractivity contribution >= 4 is 23.6 Å². The third-order valence-electron chi connectivity index (χ3n) is 8.18. The fraction of sp³-hybridized carbons (Fsp3) is 0.333. The molecule has 3 aromatic carbocycles. The van der Waals surface area contributed by atoms with E-state index in [0.717, 1.165) is 5.56 Å². The molecular weight excluding hydrogens is 569 g/mol. The summed E-state index contributed by atoms with van der Waals surface area (Å²) < 4.78 is 31.6. The summed E-state index contributed by atoms with van der Waals surface area (Å²) in [7, 11) is 1.48. The van der Waals surface area contributed by atoms with Gasteiger partial charge in [-0.25, -0.2) is 4.39 Å². The predicted octanol–water partition coefficient (Wildman–Crippen LogP) is 3.46. The van der Waals surface area contributed by atoms with Gasteiger partial charge in [-0.2, -0.15) is 0 Å². The van der Waals surface area contributed by atoms with E-state index in [0.29, 0.717) is 36.1 Å². The minimum Gasteiger partial charge on any atom is -0.486 e. The molecule has 4 amide bonds. The van der Waals surface area contributed by atoms with E-state index in [1.165, 1.54) is 18.0 Å². The average Bonchev–Trinajstić information content (AvgIpc) is 3.57. The summed E-state index contributed by atoms with van der Waals surface area (Å²) in [5.74, 6) is -1.72. The Hall–Kier alpha value is -4.61. The van der Waals surface area contributed by atoms with Gasteiger partial charge in [0.15, 0.2) is 6.29 Å². The number of imide groups is 1. The number of benzene rings is 3. The SMILES string of the molecule is CNC(=O)c1cc(C(=O)NCCC[C@H]2OC[C@@H](N3C(=O)c4ccccc4C3=O)CO2)cc2c1O[C@H](CF)[C@H]2c1ccccc1. The smallest absolute Gasteiger partial charge is 0.261 e. The van der Waals surface area contributed by atoms with Gasteiger partial charge in [0.2, 0.25) is 0 Å². The monoisotopic (exact) mass is 601 g/mol. The van der Waals surface area contributed by atoms with Crippen molar-refractivity contribution in [2.45, 2.75) is 37.2 Å². The highest BCUT2D eigenvalue weighted by molar-refractivity contribution is 6.21. The fourth-order valence-electron chi connectivity index (χ4n) is 6.00. The molecule has 228 valence electrons. The van der Waals surface area contributed by atoms with Gasteiger partial charge in [0.25, 0.3) is 23.6 Å². The van der Waals surface area contributed by atoms with Gasteiger partial charge in [-0.1, -0.05) is 42.5 Å². The van der Waals surface area contributed by atoms with Crippen molar-refractivity contribution in [1.29, 1.82) is 0 Å². The molecule has 11 heteroatoms. The molecular formula is C33H32FN3O7. The number of carbonyl (C=O) groups excluding carboxylic acids is 4. The Kier molecular flexibility index (Phi) is 8.40. The molecule has 1 saturated heterocycles. The molecule has 0 bridgehead atoms. The average molecular weight is 602 g/mol. The third kappa shape index (κ3) is 5.44. The van der Waals surface area contributed by atoms with E-state index in [1.807, 2.05) is 30.3 Å². The van der Waals surface area contributed by atoms with Gasteiger partial charge < -0.3 is 24.8 Å². The number of fused-ring (bicyclic) bond motifs is 2. The Labute approximate surface area is 253 Å². The van der Waals surface area contributed by atoms with Crippen LogP contribution in [0.15, 0.2) is 66.7 Å². The van der Waals surface area contributed by atoms with Gasteiger partial charge in [0, 0.05) is 31.1 Å². The fourth-order valence-corrected chi connectivity index (χ4v) is 6.00. The molecule has 3 aliphatic rings. The molecule has 0 aromatic heterocycles. The molecule has 3 heterocycles. The highest BCUT2D eigenvalue weighted by Gasteiger charge is 2.42. The molecule has 0 saturated carbocycles. The number of carbonyl (C=O) groups is 4. The molecule has 0 spiro atoms. The molecule has 10 nitrogen and oxygen atoms in total. The number of hydrogen-bond donors (Lipinski definition) is 2. The quantitative estimate of drug-likeness (QED) is 0.285. The highest BCUT2D eigenvalue weighted by atomic mass is 19.1. The van der Waals surface area contributed by atoms with Crippen LogP contribution in [0.5, 0.6) is 5.75 Å².